The van der Waals surface area contributed by atoms with Crippen LogP contribution in [0, 0.1) is 0 Å². The van der Waals surface area contributed by atoms with Crippen molar-refractivity contribution in [2.75, 3.05) is 7.11 Å². The molecule has 0 atom stereocenters. The number of hydrogen-bond donors (Lipinski definition) is 1. The maximum atomic E-state index is 9.78. The lowest BCUT2D eigenvalue weighted by atomic mass is 10.0. The second-order valence-electron chi connectivity index (χ2n) is 4.61. The monoisotopic (exact) mass is 236 g/mol. The van der Waals surface area contributed by atoms with E-state index in [2.05, 4.69) is 12.1 Å². The van der Waals surface area contributed by atoms with Crippen molar-refractivity contribution in [3.8, 4) is 5.75 Å². The zero-order chi connectivity index (χ0) is 11.8. The minimum Gasteiger partial charge on any atom is -0.497 e. The first-order valence-electron chi connectivity index (χ1n) is 5.27. The van der Waals surface area contributed by atoms with Gasteiger partial charge in [0.05, 0.1) is 12.7 Å². The van der Waals surface area contributed by atoms with Crippen LogP contribution in [-0.2, 0) is 6.42 Å². The smallest absolute Gasteiger partial charge is 0.120 e. The van der Waals surface area contributed by atoms with Crippen LogP contribution in [0.15, 0.2) is 24.3 Å². The third-order valence-corrected chi connectivity index (χ3v) is 3.48. The van der Waals surface area contributed by atoms with Crippen LogP contribution in [-0.4, -0.2) is 17.8 Å². The predicted molar refractivity (Wildman–Crippen MR) is 68.4 cm³/mol. The number of aliphatic hydroxyl groups is 1. The molecule has 16 heavy (non-hydrogen) atoms. The summed E-state index contributed by atoms with van der Waals surface area (Å²) in [5, 5.41) is 11.0. The third-order valence-electron chi connectivity index (χ3n) is 2.39. The highest BCUT2D eigenvalue weighted by molar-refractivity contribution is 7.19. The van der Waals surface area contributed by atoms with Gasteiger partial charge in [0.2, 0.25) is 0 Å². The summed E-state index contributed by atoms with van der Waals surface area (Å²) in [6, 6.07) is 8.19. The number of benzene rings is 1. The first-order chi connectivity index (χ1) is 7.48. The number of rotatable bonds is 3. The van der Waals surface area contributed by atoms with Gasteiger partial charge in [-0.1, -0.05) is 0 Å². The van der Waals surface area contributed by atoms with Gasteiger partial charge in [0.1, 0.15) is 5.75 Å². The normalized spacial score (nSPS) is 12.0. The molecule has 2 nitrogen and oxygen atoms in total. The molecule has 0 aliphatic heterocycles. The summed E-state index contributed by atoms with van der Waals surface area (Å²) < 4.78 is 6.40. The molecular weight excluding hydrogens is 220 g/mol. The average molecular weight is 236 g/mol. The van der Waals surface area contributed by atoms with Gasteiger partial charge in [0.25, 0.3) is 0 Å². The lowest BCUT2D eigenvalue weighted by Gasteiger charge is -2.14. The Morgan fingerprint density at radius 1 is 1.31 bits per heavy atom. The minimum atomic E-state index is -0.648. The molecule has 0 unspecified atom stereocenters. The Morgan fingerprint density at radius 3 is 2.69 bits per heavy atom. The summed E-state index contributed by atoms with van der Waals surface area (Å²) in [4.78, 5) is 1.20. The van der Waals surface area contributed by atoms with Crippen molar-refractivity contribution in [3.63, 3.8) is 0 Å². The van der Waals surface area contributed by atoms with Gasteiger partial charge in [-0.25, -0.2) is 0 Å². The zero-order valence-corrected chi connectivity index (χ0v) is 10.6. The summed E-state index contributed by atoms with van der Waals surface area (Å²) in [6.45, 7) is 3.66. The highest BCUT2D eigenvalue weighted by atomic mass is 32.1. The van der Waals surface area contributed by atoms with Crippen molar-refractivity contribution in [1.29, 1.82) is 0 Å². The number of methoxy groups -OCH3 is 1. The number of ether oxygens (including phenoxy) is 1. The summed E-state index contributed by atoms with van der Waals surface area (Å²) in [6.07, 6.45) is 0.689. The Kier molecular flexibility index (Phi) is 2.91. The van der Waals surface area contributed by atoms with E-state index in [1.165, 1.54) is 15.0 Å². The van der Waals surface area contributed by atoms with Gasteiger partial charge in [-0.2, -0.15) is 0 Å². The van der Waals surface area contributed by atoms with E-state index in [0.717, 1.165) is 5.75 Å². The lowest BCUT2D eigenvalue weighted by Crippen LogP contribution is -2.20. The van der Waals surface area contributed by atoms with Crippen molar-refractivity contribution in [1.82, 2.24) is 0 Å². The molecule has 3 heteroatoms. The van der Waals surface area contributed by atoms with Crippen molar-refractivity contribution < 1.29 is 9.84 Å². The number of thiophene rings is 1. The van der Waals surface area contributed by atoms with E-state index < -0.39 is 5.60 Å². The molecule has 86 valence electrons. The Balaban J connectivity index is 2.36. The van der Waals surface area contributed by atoms with Gasteiger partial charge in [-0.15, -0.1) is 11.3 Å². The Labute approximate surface area is 99.5 Å². The Morgan fingerprint density at radius 2 is 2.06 bits per heavy atom. The van der Waals surface area contributed by atoms with E-state index in [4.69, 9.17) is 4.74 Å². The molecule has 0 saturated carbocycles. The average Bonchev–Trinajstić information content (AvgIpc) is 2.55. The minimum absolute atomic E-state index is 0.648. The van der Waals surface area contributed by atoms with Crippen LogP contribution in [0.4, 0.5) is 0 Å². The molecule has 0 spiro atoms. The van der Waals surface area contributed by atoms with Crippen molar-refractivity contribution in [2.45, 2.75) is 25.9 Å². The quantitative estimate of drug-likeness (QED) is 0.886. The SMILES string of the molecule is COc1ccc2cc(CC(C)(C)O)sc2c1. The van der Waals surface area contributed by atoms with Crippen LogP contribution < -0.4 is 4.74 Å². The largest absolute Gasteiger partial charge is 0.497 e. The highest BCUT2D eigenvalue weighted by Crippen LogP contribution is 2.30. The maximum absolute atomic E-state index is 9.78. The molecule has 0 amide bonds. The molecule has 2 rings (SSSR count). The van der Waals surface area contributed by atoms with Crippen molar-refractivity contribution in [3.05, 3.63) is 29.1 Å². The van der Waals surface area contributed by atoms with Gasteiger partial charge < -0.3 is 9.84 Å². The summed E-state index contributed by atoms with van der Waals surface area (Å²) in [5.41, 5.74) is -0.648. The molecule has 0 radical (unpaired) electrons. The van der Waals surface area contributed by atoms with E-state index in [0.29, 0.717) is 6.42 Å². The molecule has 0 aliphatic rings. The number of fused-ring (bicyclic) bond motifs is 1. The molecule has 0 fully saturated rings. The van der Waals surface area contributed by atoms with Crippen LogP contribution in [0.3, 0.4) is 0 Å². The topological polar surface area (TPSA) is 29.5 Å². The standard InChI is InChI=1S/C13H16O2S/c1-13(2,14)8-11-6-9-4-5-10(15-3)7-12(9)16-11/h4-7,14H,8H2,1-3H3. The highest BCUT2D eigenvalue weighted by Gasteiger charge is 2.15. The fourth-order valence-corrected chi connectivity index (χ4v) is 3.02. The van der Waals surface area contributed by atoms with Crippen molar-refractivity contribution >= 4 is 21.4 Å². The van der Waals surface area contributed by atoms with Crippen LogP contribution >= 0.6 is 11.3 Å². The van der Waals surface area contributed by atoms with E-state index in [9.17, 15) is 5.11 Å². The molecule has 1 aromatic heterocycles. The van der Waals surface area contributed by atoms with E-state index in [-0.39, 0.29) is 0 Å². The molecule has 0 saturated heterocycles. The predicted octanol–water partition coefficient (Wildman–Crippen LogP) is 3.22. The zero-order valence-electron chi connectivity index (χ0n) is 9.78. The molecule has 1 heterocycles. The van der Waals surface area contributed by atoms with Gasteiger partial charge in [0.15, 0.2) is 0 Å². The van der Waals surface area contributed by atoms with Crippen LogP contribution in [0.5, 0.6) is 5.75 Å². The van der Waals surface area contributed by atoms with Crippen molar-refractivity contribution in [2.24, 2.45) is 0 Å². The van der Waals surface area contributed by atoms with Gasteiger partial charge in [-0.05, 0) is 43.5 Å². The lowest BCUT2D eigenvalue weighted by molar-refractivity contribution is 0.0819. The molecule has 1 N–H and O–H groups in total. The Hall–Kier alpha value is -1.06. The van der Waals surface area contributed by atoms with E-state index in [1.54, 1.807) is 18.4 Å². The first-order valence-corrected chi connectivity index (χ1v) is 6.08. The van der Waals surface area contributed by atoms with Gasteiger partial charge >= 0.3 is 0 Å². The van der Waals surface area contributed by atoms with Crippen LogP contribution in [0.1, 0.15) is 18.7 Å². The molecule has 2 aromatic rings. The van der Waals surface area contributed by atoms with Gasteiger partial charge in [-0.3, -0.25) is 0 Å². The van der Waals surface area contributed by atoms with Crippen LogP contribution in [0.2, 0.25) is 0 Å². The Bertz CT molecular complexity index is 494. The summed E-state index contributed by atoms with van der Waals surface area (Å²) in [7, 11) is 1.67. The van der Waals surface area contributed by atoms with Crippen LogP contribution in [0.25, 0.3) is 10.1 Å². The summed E-state index contributed by atoms with van der Waals surface area (Å²) in [5.74, 6) is 0.879. The summed E-state index contributed by atoms with van der Waals surface area (Å²) >= 11 is 1.71. The van der Waals surface area contributed by atoms with Gasteiger partial charge in [0, 0.05) is 16.0 Å². The van der Waals surface area contributed by atoms with E-state index in [1.807, 2.05) is 26.0 Å². The molecule has 0 aliphatic carbocycles. The second kappa shape index (κ2) is 4.07. The third kappa shape index (κ3) is 2.54. The molecule has 0 bridgehead atoms. The first kappa shape index (κ1) is 11.4. The van der Waals surface area contributed by atoms with E-state index >= 15 is 0 Å². The fourth-order valence-electron chi connectivity index (χ4n) is 1.71. The maximum Gasteiger partial charge on any atom is 0.120 e. The second-order valence-corrected chi connectivity index (χ2v) is 5.77. The fraction of sp³-hybridized carbons (Fsp3) is 0.385. The number of hydrogen-bond acceptors (Lipinski definition) is 3. The molecular formula is C13H16O2S. The molecule has 1 aromatic carbocycles.